The number of aryl methyl sites for hydroxylation is 1. The predicted molar refractivity (Wildman–Crippen MR) is 79.1 cm³/mol. The fourth-order valence-electron chi connectivity index (χ4n) is 2.03. The standard InChI is InChI=1S/C17H16N2O/c1-14-7-5-6-10-17(14)20-13-15-11-12-19(18-15)16-8-3-2-4-9-16/h2-12H,13H2,1H3. The minimum atomic E-state index is 0.477. The molecule has 0 aliphatic carbocycles. The van der Waals surface area contributed by atoms with Crippen LogP contribution in [-0.4, -0.2) is 9.78 Å². The van der Waals surface area contributed by atoms with Crippen LogP contribution in [-0.2, 0) is 6.61 Å². The zero-order valence-corrected chi connectivity index (χ0v) is 11.4. The minimum absolute atomic E-state index is 0.477. The molecule has 0 saturated carbocycles. The Kier molecular flexibility index (Phi) is 3.50. The molecule has 3 rings (SSSR count). The van der Waals surface area contributed by atoms with Gasteiger partial charge in [0.1, 0.15) is 18.1 Å². The van der Waals surface area contributed by atoms with E-state index in [-0.39, 0.29) is 0 Å². The average molecular weight is 264 g/mol. The maximum absolute atomic E-state index is 5.80. The van der Waals surface area contributed by atoms with Gasteiger partial charge in [-0.3, -0.25) is 0 Å². The molecule has 0 spiro atoms. The van der Waals surface area contributed by atoms with Crippen LogP contribution in [0.5, 0.6) is 5.75 Å². The number of para-hydroxylation sites is 2. The van der Waals surface area contributed by atoms with E-state index in [2.05, 4.69) is 5.10 Å². The highest BCUT2D eigenvalue weighted by molar-refractivity contribution is 5.32. The molecule has 0 radical (unpaired) electrons. The van der Waals surface area contributed by atoms with Crippen LogP contribution in [0.15, 0.2) is 66.9 Å². The van der Waals surface area contributed by atoms with Gasteiger partial charge in [0, 0.05) is 6.20 Å². The average Bonchev–Trinajstić information content (AvgIpc) is 2.96. The second-order valence-electron chi connectivity index (χ2n) is 4.64. The summed E-state index contributed by atoms with van der Waals surface area (Å²) >= 11 is 0. The Bertz CT molecular complexity index is 689. The Morgan fingerprint density at radius 3 is 2.50 bits per heavy atom. The van der Waals surface area contributed by atoms with Crippen molar-refractivity contribution >= 4 is 0 Å². The number of rotatable bonds is 4. The summed E-state index contributed by atoms with van der Waals surface area (Å²) in [7, 11) is 0. The molecule has 3 aromatic rings. The van der Waals surface area contributed by atoms with Crippen molar-refractivity contribution in [1.29, 1.82) is 0 Å². The Morgan fingerprint density at radius 2 is 1.70 bits per heavy atom. The van der Waals surface area contributed by atoms with E-state index in [0.717, 1.165) is 22.7 Å². The van der Waals surface area contributed by atoms with E-state index in [1.165, 1.54) is 0 Å². The number of benzene rings is 2. The first kappa shape index (κ1) is 12.5. The van der Waals surface area contributed by atoms with Crippen molar-refractivity contribution in [2.75, 3.05) is 0 Å². The fraction of sp³-hybridized carbons (Fsp3) is 0.118. The summed E-state index contributed by atoms with van der Waals surface area (Å²) in [4.78, 5) is 0. The molecule has 20 heavy (non-hydrogen) atoms. The molecule has 1 heterocycles. The number of hydrogen-bond acceptors (Lipinski definition) is 2. The van der Waals surface area contributed by atoms with Crippen LogP contribution in [0.2, 0.25) is 0 Å². The van der Waals surface area contributed by atoms with Crippen molar-refractivity contribution in [1.82, 2.24) is 9.78 Å². The highest BCUT2D eigenvalue weighted by atomic mass is 16.5. The van der Waals surface area contributed by atoms with Gasteiger partial charge in [0.05, 0.1) is 5.69 Å². The summed E-state index contributed by atoms with van der Waals surface area (Å²) in [6.45, 7) is 2.52. The van der Waals surface area contributed by atoms with E-state index >= 15 is 0 Å². The molecule has 0 saturated heterocycles. The Morgan fingerprint density at radius 1 is 0.950 bits per heavy atom. The van der Waals surface area contributed by atoms with E-state index in [0.29, 0.717) is 6.61 Å². The molecule has 3 nitrogen and oxygen atoms in total. The van der Waals surface area contributed by atoms with Gasteiger partial charge in [-0.05, 0) is 36.8 Å². The summed E-state index contributed by atoms with van der Waals surface area (Å²) in [5, 5.41) is 4.52. The molecule has 2 aromatic carbocycles. The summed E-state index contributed by atoms with van der Waals surface area (Å²) < 4.78 is 7.65. The summed E-state index contributed by atoms with van der Waals surface area (Å²) in [6, 6.07) is 20.0. The Balaban J connectivity index is 1.71. The summed E-state index contributed by atoms with van der Waals surface area (Å²) in [5.74, 6) is 0.904. The van der Waals surface area contributed by atoms with Gasteiger partial charge in [-0.1, -0.05) is 36.4 Å². The fourth-order valence-corrected chi connectivity index (χ4v) is 2.03. The smallest absolute Gasteiger partial charge is 0.132 e. The van der Waals surface area contributed by atoms with Crippen molar-refractivity contribution in [3.05, 3.63) is 78.1 Å². The van der Waals surface area contributed by atoms with E-state index in [1.807, 2.05) is 78.5 Å². The Hall–Kier alpha value is -2.55. The highest BCUT2D eigenvalue weighted by Gasteiger charge is 2.03. The molecule has 1 aromatic heterocycles. The van der Waals surface area contributed by atoms with Crippen LogP contribution >= 0.6 is 0 Å². The number of nitrogens with zero attached hydrogens (tertiary/aromatic N) is 2. The largest absolute Gasteiger partial charge is 0.487 e. The van der Waals surface area contributed by atoms with Gasteiger partial charge in [0.25, 0.3) is 0 Å². The third-order valence-corrected chi connectivity index (χ3v) is 3.13. The lowest BCUT2D eigenvalue weighted by Crippen LogP contribution is -2.00. The molecule has 0 bridgehead atoms. The quantitative estimate of drug-likeness (QED) is 0.717. The normalized spacial score (nSPS) is 10.4. The van der Waals surface area contributed by atoms with Crippen LogP contribution in [0.3, 0.4) is 0 Å². The maximum atomic E-state index is 5.80. The first-order valence-electron chi connectivity index (χ1n) is 6.61. The van der Waals surface area contributed by atoms with Gasteiger partial charge in [0.15, 0.2) is 0 Å². The zero-order valence-electron chi connectivity index (χ0n) is 11.4. The lowest BCUT2D eigenvalue weighted by atomic mass is 10.2. The molecule has 0 N–H and O–H groups in total. The van der Waals surface area contributed by atoms with E-state index in [4.69, 9.17) is 4.74 Å². The Labute approximate surface area is 118 Å². The zero-order chi connectivity index (χ0) is 13.8. The third kappa shape index (κ3) is 2.72. The molecule has 0 aliphatic heterocycles. The molecule has 0 amide bonds. The lowest BCUT2D eigenvalue weighted by molar-refractivity contribution is 0.298. The minimum Gasteiger partial charge on any atom is -0.487 e. The second-order valence-corrected chi connectivity index (χ2v) is 4.64. The van der Waals surface area contributed by atoms with Crippen LogP contribution < -0.4 is 4.74 Å². The molecule has 0 atom stereocenters. The molecule has 0 fully saturated rings. The topological polar surface area (TPSA) is 27.1 Å². The number of hydrogen-bond donors (Lipinski definition) is 0. The highest BCUT2D eigenvalue weighted by Crippen LogP contribution is 2.17. The lowest BCUT2D eigenvalue weighted by Gasteiger charge is -2.06. The van der Waals surface area contributed by atoms with Crippen molar-refractivity contribution in [2.24, 2.45) is 0 Å². The van der Waals surface area contributed by atoms with Gasteiger partial charge in [-0.15, -0.1) is 0 Å². The molecule has 0 aliphatic rings. The van der Waals surface area contributed by atoms with Crippen molar-refractivity contribution in [3.8, 4) is 11.4 Å². The summed E-state index contributed by atoms with van der Waals surface area (Å²) in [5.41, 5.74) is 3.10. The monoisotopic (exact) mass is 264 g/mol. The second kappa shape index (κ2) is 5.61. The van der Waals surface area contributed by atoms with Crippen LogP contribution in [0, 0.1) is 6.92 Å². The molecule has 100 valence electrons. The molecular formula is C17H16N2O. The van der Waals surface area contributed by atoms with E-state index < -0.39 is 0 Å². The molecule has 3 heteroatoms. The maximum Gasteiger partial charge on any atom is 0.132 e. The van der Waals surface area contributed by atoms with Gasteiger partial charge < -0.3 is 4.74 Å². The van der Waals surface area contributed by atoms with Gasteiger partial charge in [0.2, 0.25) is 0 Å². The van der Waals surface area contributed by atoms with Crippen LogP contribution in [0.1, 0.15) is 11.3 Å². The van der Waals surface area contributed by atoms with E-state index in [1.54, 1.807) is 0 Å². The van der Waals surface area contributed by atoms with Crippen molar-refractivity contribution in [2.45, 2.75) is 13.5 Å². The van der Waals surface area contributed by atoms with Gasteiger partial charge in [-0.25, -0.2) is 4.68 Å². The molecule has 0 unspecified atom stereocenters. The van der Waals surface area contributed by atoms with E-state index in [9.17, 15) is 0 Å². The third-order valence-electron chi connectivity index (χ3n) is 3.13. The van der Waals surface area contributed by atoms with Gasteiger partial charge in [-0.2, -0.15) is 5.10 Å². The molecular weight excluding hydrogens is 248 g/mol. The predicted octanol–water partition coefficient (Wildman–Crippen LogP) is 3.76. The van der Waals surface area contributed by atoms with Crippen LogP contribution in [0.4, 0.5) is 0 Å². The summed E-state index contributed by atoms with van der Waals surface area (Å²) in [6.07, 6.45) is 1.95. The first-order chi connectivity index (χ1) is 9.83. The first-order valence-corrected chi connectivity index (χ1v) is 6.61. The van der Waals surface area contributed by atoms with Gasteiger partial charge >= 0.3 is 0 Å². The number of aromatic nitrogens is 2. The SMILES string of the molecule is Cc1ccccc1OCc1ccn(-c2ccccc2)n1. The van der Waals surface area contributed by atoms with Crippen LogP contribution in [0.25, 0.3) is 5.69 Å². The van der Waals surface area contributed by atoms with Crippen molar-refractivity contribution < 1.29 is 4.74 Å². The number of ether oxygens (including phenoxy) is 1. The van der Waals surface area contributed by atoms with Crippen molar-refractivity contribution in [3.63, 3.8) is 0 Å².